The van der Waals surface area contributed by atoms with E-state index in [1.165, 1.54) is 0 Å². The molecule has 18 heavy (non-hydrogen) atoms. The van der Waals surface area contributed by atoms with Crippen molar-refractivity contribution in [1.29, 1.82) is 0 Å². The third-order valence-electron chi connectivity index (χ3n) is 2.39. The van der Waals surface area contributed by atoms with Crippen molar-refractivity contribution in [3.63, 3.8) is 0 Å². The molecule has 1 rings (SSSR count). The molecular weight excluding hydrogens is 262 g/mol. The minimum atomic E-state index is -4.16. The van der Waals surface area contributed by atoms with Crippen molar-refractivity contribution in [2.75, 3.05) is 5.75 Å². The number of sulfone groups is 1. The third kappa shape index (κ3) is 3.35. The minimum absolute atomic E-state index is 0.550. The van der Waals surface area contributed by atoms with Crippen LogP contribution in [0.3, 0.4) is 0 Å². The Kier molecular flexibility index (Phi) is 3.90. The van der Waals surface area contributed by atoms with Crippen LogP contribution in [0.25, 0.3) is 0 Å². The van der Waals surface area contributed by atoms with Gasteiger partial charge in [0.15, 0.2) is 15.6 Å². The Bertz CT molecular complexity index is 571. The molecule has 0 aliphatic heterocycles. The monoisotopic (exact) mass is 276 g/mol. The molecule has 0 unspecified atom stereocenters. The van der Waals surface area contributed by atoms with Crippen molar-refractivity contribution in [2.45, 2.75) is 25.7 Å². The van der Waals surface area contributed by atoms with Crippen LogP contribution in [0, 0.1) is 17.0 Å². The molecule has 0 aliphatic rings. The summed E-state index contributed by atoms with van der Waals surface area (Å²) in [4.78, 5) is 10.9. The van der Waals surface area contributed by atoms with Crippen molar-refractivity contribution in [3.05, 3.63) is 29.8 Å². The van der Waals surface area contributed by atoms with Crippen molar-refractivity contribution in [2.24, 2.45) is 5.41 Å². The SMILES string of the molecule is CC(C)(C)C(=O)CS(=O)(=O)c1cc(F)ccc1F. The Balaban J connectivity index is 3.16. The zero-order valence-corrected chi connectivity index (χ0v) is 11.1. The van der Waals surface area contributed by atoms with Gasteiger partial charge in [-0.25, -0.2) is 17.2 Å². The molecule has 0 amide bonds. The number of benzene rings is 1. The Hall–Kier alpha value is -1.30. The summed E-state index contributed by atoms with van der Waals surface area (Å²) in [5.74, 6) is -3.31. The highest BCUT2D eigenvalue weighted by Gasteiger charge is 2.29. The van der Waals surface area contributed by atoms with Crippen LogP contribution in [0.15, 0.2) is 23.1 Å². The van der Waals surface area contributed by atoms with Crippen LogP contribution in [-0.4, -0.2) is 20.0 Å². The van der Waals surface area contributed by atoms with Crippen molar-refractivity contribution in [3.8, 4) is 0 Å². The summed E-state index contributed by atoms with van der Waals surface area (Å²) in [7, 11) is -4.16. The summed E-state index contributed by atoms with van der Waals surface area (Å²) in [5, 5.41) is 0. The average molecular weight is 276 g/mol. The number of ketones is 1. The highest BCUT2D eigenvalue weighted by Crippen LogP contribution is 2.21. The highest BCUT2D eigenvalue weighted by atomic mass is 32.2. The molecule has 0 aromatic heterocycles. The zero-order valence-electron chi connectivity index (χ0n) is 10.3. The molecule has 0 spiro atoms. The van der Waals surface area contributed by atoms with Gasteiger partial charge in [0, 0.05) is 5.41 Å². The van der Waals surface area contributed by atoms with Crippen molar-refractivity contribution < 1.29 is 22.0 Å². The molecule has 3 nitrogen and oxygen atoms in total. The normalized spacial score (nSPS) is 12.5. The summed E-state index contributed by atoms with van der Waals surface area (Å²) in [5.41, 5.74) is -0.850. The lowest BCUT2D eigenvalue weighted by Crippen LogP contribution is -2.28. The van der Waals surface area contributed by atoms with Gasteiger partial charge >= 0.3 is 0 Å². The molecule has 0 atom stereocenters. The van der Waals surface area contributed by atoms with Gasteiger partial charge in [-0.15, -0.1) is 0 Å². The predicted octanol–water partition coefficient (Wildman–Crippen LogP) is 2.35. The molecular formula is C12H14F2O3S. The number of rotatable bonds is 3. The first kappa shape index (κ1) is 14.8. The van der Waals surface area contributed by atoms with Gasteiger partial charge in [0.25, 0.3) is 0 Å². The third-order valence-corrected chi connectivity index (χ3v) is 4.01. The molecule has 0 fully saturated rings. The number of hydrogen-bond acceptors (Lipinski definition) is 3. The van der Waals surface area contributed by atoms with Gasteiger partial charge in [0.2, 0.25) is 0 Å². The molecule has 0 bridgehead atoms. The van der Waals surface area contributed by atoms with Gasteiger partial charge in [0.1, 0.15) is 22.3 Å². The average Bonchev–Trinajstić information content (AvgIpc) is 2.19. The van der Waals surface area contributed by atoms with E-state index in [-0.39, 0.29) is 0 Å². The summed E-state index contributed by atoms with van der Waals surface area (Å²) >= 11 is 0. The lowest BCUT2D eigenvalue weighted by atomic mass is 9.92. The quantitative estimate of drug-likeness (QED) is 0.851. The molecule has 0 radical (unpaired) electrons. The maximum Gasteiger partial charge on any atom is 0.188 e. The zero-order chi connectivity index (χ0) is 14.1. The van der Waals surface area contributed by atoms with E-state index in [0.29, 0.717) is 6.07 Å². The second kappa shape index (κ2) is 4.76. The van der Waals surface area contributed by atoms with Crippen molar-refractivity contribution in [1.82, 2.24) is 0 Å². The van der Waals surface area contributed by atoms with E-state index in [2.05, 4.69) is 0 Å². The van der Waals surface area contributed by atoms with E-state index in [4.69, 9.17) is 0 Å². The van der Waals surface area contributed by atoms with Crippen LogP contribution in [0.1, 0.15) is 20.8 Å². The lowest BCUT2D eigenvalue weighted by Gasteiger charge is -2.16. The van der Waals surface area contributed by atoms with E-state index in [0.717, 1.165) is 12.1 Å². The fourth-order valence-corrected chi connectivity index (χ4v) is 2.77. The minimum Gasteiger partial charge on any atom is -0.298 e. The van der Waals surface area contributed by atoms with E-state index in [1.807, 2.05) is 0 Å². The number of hydrogen-bond donors (Lipinski definition) is 0. The Labute approximate surface area is 105 Å². The largest absolute Gasteiger partial charge is 0.298 e. The fraction of sp³-hybridized carbons (Fsp3) is 0.417. The van der Waals surface area contributed by atoms with Crippen LogP contribution >= 0.6 is 0 Å². The Morgan fingerprint density at radius 1 is 1.22 bits per heavy atom. The number of Topliss-reactive ketones (excluding diaryl/α,β-unsaturated/α-hetero) is 1. The topological polar surface area (TPSA) is 51.2 Å². The van der Waals surface area contributed by atoms with Crippen LogP contribution in [0.2, 0.25) is 0 Å². The predicted molar refractivity (Wildman–Crippen MR) is 62.9 cm³/mol. The van der Waals surface area contributed by atoms with E-state index >= 15 is 0 Å². The summed E-state index contributed by atoms with van der Waals surface area (Å²) < 4.78 is 50.0. The number of halogens is 2. The molecule has 0 saturated carbocycles. The van der Waals surface area contributed by atoms with E-state index in [1.54, 1.807) is 20.8 Å². The van der Waals surface area contributed by atoms with Gasteiger partial charge in [-0.1, -0.05) is 20.8 Å². The molecule has 1 aromatic rings. The molecule has 6 heteroatoms. The van der Waals surface area contributed by atoms with Crippen LogP contribution < -0.4 is 0 Å². The maximum absolute atomic E-state index is 13.4. The van der Waals surface area contributed by atoms with Gasteiger partial charge in [-0.3, -0.25) is 4.79 Å². The molecule has 1 aromatic carbocycles. The fourth-order valence-electron chi connectivity index (χ4n) is 1.18. The van der Waals surface area contributed by atoms with Gasteiger partial charge in [-0.05, 0) is 18.2 Å². The smallest absolute Gasteiger partial charge is 0.188 e. The first-order valence-corrected chi connectivity index (χ1v) is 6.90. The Morgan fingerprint density at radius 2 is 1.78 bits per heavy atom. The summed E-state index contributed by atoms with van der Waals surface area (Å²) in [6, 6.07) is 2.13. The summed E-state index contributed by atoms with van der Waals surface area (Å²) in [6.45, 7) is 4.69. The second-order valence-corrected chi connectivity index (χ2v) is 6.97. The molecule has 0 N–H and O–H groups in total. The molecule has 0 saturated heterocycles. The van der Waals surface area contributed by atoms with Gasteiger partial charge < -0.3 is 0 Å². The van der Waals surface area contributed by atoms with E-state index < -0.39 is 43.3 Å². The van der Waals surface area contributed by atoms with Crippen LogP contribution in [0.4, 0.5) is 8.78 Å². The Morgan fingerprint density at radius 3 is 2.28 bits per heavy atom. The van der Waals surface area contributed by atoms with Gasteiger partial charge in [0.05, 0.1) is 0 Å². The van der Waals surface area contributed by atoms with Gasteiger partial charge in [-0.2, -0.15) is 0 Å². The maximum atomic E-state index is 13.4. The highest BCUT2D eigenvalue weighted by molar-refractivity contribution is 7.92. The standard InChI is InChI=1S/C12H14F2O3S/c1-12(2,3)11(15)7-18(16,17)10-6-8(13)4-5-9(10)14/h4-6H,7H2,1-3H3. The molecule has 0 aliphatic carbocycles. The van der Waals surface area contributed by atoms with Crippen molar-refractivity contribution >= 4 is 15.6 Å². The first-order chi connectivity index (χ1) is 8.04. The lowest BCUT2D eigenvalue weighted by molar-refractivity contribution is -0.123. The first-order valence-electron chi connectivity index (χ1n) is 5.25. The molecule has 0 heterocycles. The number of carbonyl (C=O) groups excluding carboxylic acids is 1. The van der Waals surface area contributed by atoms with E-state index in [9.17, 15) is 22.0 Å². The van der Waals surface area contributed by atoms with Crippen LogP contribution in [-0.2, 0) is 14.6 Å². The molecule has 100 valence electrons. The second-order valence-electron chi connectivity index (χ2n) is 5.01. The summed E-state index contributed by atoms with van der Waals surface area (Å²) in [6.07, 6.45) is 0. The number of carbonyl (C=O) groups is 1. The van der Waals surface area contributed by atoms with Crippen LogP contribution in [0.5, 0.6) is 0 Å².